The Balaban J connectivity index is 1.71. The van der Waals surface area contributed by atoms with E-state index in [2.05, 4.69) is 5.32 Å². The average molecular weight is 557 g/mol. The first-order valence-electron chi connectivity index (χ1n) is 11.3. The van der Waals surface area contributed by atoms with Crippen LogP contribution in [0.5, 0.6) is 0 Å². The Morgan fingerprint density at radius 1 is 0.921 bits per heavy atom. The van der Waals surface area contributed by atoms with Crippen molar-refractivity contribution in [3.05, 3.63) is 84.4 Å². The number of carbonyl (C=O) groups excluding carboxylic acids is 3. The number of hydrogen-bond donors (Lipinski definition) is 2. The zero-order valence-corrected chi connectivity index (χ0v) is 21.8. The Kier molecular flexibility index (Phi) is 7.47. The molecule has 11 nitrogen and oxygen atoms in total. The summed E-state index contributed by atoms with van der Waals surface area (Å²) in [5, 5.41) is 7.68. The summed E-state index contributed by atoms with van der Waals surface area (Å²) in [4.78, 5) is 38.3. The molecule has 3 aromatic carbocycles. The lowest BCUT2D eigenvalue weighted by Gasteiger charge is -2.27. The van der Waals surface area contributed by atoms with Crippen LogP contribution in [0.3, 0.4) is 0 Å². The van der Waals surface area contributed by atoms with Crippen molar-refractivity contribution >= 4 is 49.1 Å². The molecule has 38 heavy (non-hydrogen) atoms. The first-order chi connectivity index (χ1) is 17.9. The maximum absolute atomic E-state index is 13.8. The molecule has 198 valence electrons. The molecule has 0 aliphatic carbocycles. The van der Waals surface area contributed by atoms with Crippen molar-refractivity contribution in [1.82, 2.24) is 4.31 Å². The third-order valence-electron chi connectivity index (χ3n) is 5.86. The fraction of sp³-hybridized carbons (Fsp3) is 0.160. The van der Waals surface area contributed by atoms with Gasteiger partial charge in [0.25, 0.3) is 5.91 Å². The first-order valence-corrected chi connectivity index (χ1v) is 14.3. The van der Waals surface area contributed by atoms with E-state index in [4.69, 9.17) is 5.14 Å². The van der Waals surface area contributed by atoms with E-state index in [1.54, 1.807) is 30.3 Å². The number of benzene rings is 3. The molecule has 1 fully saturated rings. The van der Waals surface area contributed by atoms with Crippen LogP contribution in [-0.2, 0) is 41.0 Å². The molecule has 0 aromatic heterocycles. The van der Waals surface area contributed by atoms with E-state index in [0.717, 1.165) is 21.3 Å². The van der Waals surface area contributed by atoms with Crippen LogP contribution in [0.1, 0.15) is 18.9 Å². The van der Waals surface area contributed by atoms with Gasteiger partial charge < -0.3 is 5.32 Å². The van der Waals surface area contributed by atoms with Gasteiger partial charge in [0.15, 0.2) is 0 Å². The number of carbonyl (C=O) groups is 3. The predicted molar refractivity (Wildman–Crippen MR) is 139 cm³/mol. The molecule has 3 aromatic rings. The minimum absolute atomic E-state index is 0.0895. The average Bonchev–Trinajstić information content (AvgIpc) is 3.15. The third-order valence-corrected chi connectivity index (χ3v) is 8.65. The van der Waals surface area contributed by atoms with Gasteiger partial charge in [-0.15, -0.1) is 0 Å². The fourth-order valence-electron chi connectivity index (χ4n) is 4.07. The van der Waals surface area contributed by atoms with Gasteiger partial charge in [0.2, 0.25) is 31.9 Å². The molecule has 4 rings (SSSR count). The maximum atomic E-state index is 13.8. The van der Waals surface area contributed by atoms with E-state index < -0.39 is 44.3 Å². The van der Waals surface area contributed by atoms with Crippen molar-refractivity contribution in [2.45, 2.75) is 35.7 Å². The van der Waals surface area contributed by atoms with Crippen molar-refractivity contribution in [1.29, 1.82) is 0 Å². The minimum Gasteiger partial charge on any atom is -0.326 e. The highest BCUT2D eigenvalue weighted by Crippen LogP contribution is 2.31. The molecule has 1 aliphatic heterocycles. The number of imide groups is 1. The highest BCUT2D eigenvalue weighted by Gasteiger charge is 2.47. The monoisotopic (exact) mass is 556 g/mol. The Morgan fingerprint density at radius 2 is 1.50 bits per heavy atom. The fourth-order valence-corrected chi connectivity index (χ4v) is 6.16. The molecule has 1 saturated heterocycles. The predicted octanol–water partition coefficient (Wildman–Crippen LogP) is 1.82. The second kappa shape index (κ2) is 10.5. The first kappa shape index (κ1) is 27.1. The number of sulfonamides is 2. The second-order valence-electron chi connectivity index (χ2n) is 8.57. The molecule has 1 atom stereocenters. The van der Waals surface area contributed by atoms with Crippen LogP contribution < -0.4 is 15.4 Å². The number of nitrogens with two attached hydrogens (primary N) is 1. The second-order valence-corrected chi connectivity index (χ2v) is 12.0. The van der Waals surface area contributed by atoms with Gasteiger partial charge in [-0.1, -0.05) is 30.3 Å². The lowest BCUT2D eigenvalue weighted by molar-refractivity contribution is -0.122. The molecular weight excluding hydrogens is 532 g/mol. The summed E-state index contributed by atoms with van der Waals surface area (Å²) < 4.78 is 51.7. The summed E-state index contributed by atoms with van der Waals surface area (Å²) in [5.41, 5.74) is 1.08. The van der Waals surface area contributed by atoms with Gasteiger partial charge in [0.1, 0.15) is 6.04 Å². The van der Waals surface area contributed by atoms with Crippen molar-refractivity contribution in [3.8, 4) is 0 Å². The number of anilines is 2. The largest absolute Gasteiger partial charge is 0.326 e. The summed E-state index contributed by atoms with van der Waals surface area (Å²) in [6.07, 6.45) is -0.411. The van der Waals surface area contributed by atoms with E-state index >= 15 is 0 Å². The summed E-state index contributed by atoms with van der Waals surface area (Å²) in [6.45, 7) is 1.14. The molecule has 0 spiro atoms. The highest BCUT2D eigenvalue weighted by molar-refractivity contribution is 7.89. The lowest BCUT2D eigenvalue weighted by atomic mass is 10.2. The van der Waals surface area contributed by atoms with Crippen molar-refractivity contribution < 1.29 is 31.2 Å². The number of primary sulfonamides is 1. The number of nitrogens with zero attached hydrogens (tertiary/aromatic N) is 2. The number of rotatable bonds is 8. The van der Waals surface area contributed by atoms with Gasteiger partial charge in [-0.3, -0.25) is 14.4 Å². The standard InChI is InChI=1S/C25H24N4O7S2/c1-17(30)27-19-7-11-22(12-8-19)38(35,36)28(16-18-5-3-2-4-6-18)23-15-24(31)29(25(23)32)20-9-13-21(14-10-20)37(26,33)34/h2-14,23H,15-16H2,1H3,(H,27,30)(H2,26,33,34). The minimum atomic E-state index is -4.29. The summed E-state index contributed by atoms with van der Waals surface area (Å²) in [6, 6.07) is 17.6. The Hall–Kier alpha value is -3.91. The van der Waals surface area contributed by atoms with E-state index in [0.29, 0.717) is 11.3 Å². The Bertz CT molecular complexity index is 1590. The molecule has 1 unspecified atom stereocenters. The molecule has 3 N–H and O–H groups in total. The molecule has 0 radical (unpaired) electrons. The van der Waals surface area contributed by atoms with Crippen LogP contribution in [0.4, 0.5) is 11.4 Å². The van der Waals surface area contributed by atoms with Gasteiger partial charge in [-0.25, -0.2) is 26.9 Å². The topological polar surface area (TPSA) is 164 Å². The van der Waals surface area contributed by atoms with Crippen molar-refractivity contribution in [2.24, 2.45) is 5.14 Å². The van der Waals surface area contributed by atoms with Crippen LogP contribution in [0.2, 0.25) is 0 Å². The van der Waals surface area contributed by atoms with Gasteiger partial charge in [-0.05, 0) is 54.1 Å². The Morgan fingerprint density at radius 3 is 2.05 bits per heavy atom. The smallest absolute Gasteiger partial charge is 0.252 e. The SMILES string of the molecule is CC(=O)Nc1ccc(S(=O)(=O)N(Cc2ccccc2)C2CC(=O)N(c3ccc(S(N)(=O)=O)cc3)C2=O)cc1. The number of nitrogens with one attached hydrogen (secondary N) is 1. The van der Waals surface area contributed by atoms with E-state index in [1.807, 2.05) is 0 Å². The highest BCUT2D eigenvalue weighted by atomic mass is 32.2. The maximum Gasteiger partial charge on any atom is 0.252 e. The summed E-state index contributed by atoms with van der Waals surface area (Å²) in [7, 11) is -8.28. The van der Waals surface area contributed by atoms with E-state index in [-0.39, 0.29) is 27.9 Å². The van der Waals surface area contributed by atoms with Crippen LogP contribution >= 0.6 is 0 Å². The van der Waals surface area contributed by atoms with Crippen LogP contribution in [-0.4, -0.2) is 44.9 Å². The number of amides is 3. The molecule has 1 heterocycles. The van der Waals surface area contributed by atoms with Gasteiger partial charge in [0, 0.05) is 19.2 Å². The zero-order chi connectivity index (χ0) is 27.7. The lowest BCUT2D eigenvalue weighted by Crippen LogP contribution is -2.45. The van der Waals surface area contributed by atoms with Crippen molar-refractivity contribution in [2.75, 3.05) is 10.2 Å². The normalized spacial score (nSPS) is 16.2. The van der Waals surface area contributed by atoms with Crippen LogP contribution in [0, 0.1) is 0 Å². The van der Waals surface area contributed by atoms with Crippen molar-refractivity contribution in [3.63, 3.8) is 0 Å². The molecule has 0 saturated carbocycles. The zero-order valence-electron chi connectivity index (χ0n) is 20.1. The van der Waals surface area contributed by atoms with E-state index in [1.165, 1.54) is 43.3 Å². The van der Waals surface area contributed by atoms with E-state index in [9.17, 15) is 31.2 Å². The molecule has 0 bridgehead atoms. The molecule has 13 heteroatoms. The number of hydrogen-bond acceptors (Lipinski definition) is 7. The van der Waals surface area contributed by atoms with Gasteiger partial charge in [-0.2, -0.15) is 4.31 Å². The molecular formula is C25H24N4O7S2. The molecule has 3 amide bonds. The summed E-state index contributed by atoms with van der Waals surface area (Å²) in [5.74, 6) is -1.73. The van der Waals surface area contributed by atoms with Gasteiger partial charge in [0.05, 0.1) is 21.9 Å². The quantitative estimate of drug-likeness (QED) is 0.400. The summed E-state index contributed by atoms with van der Waals surface area (Å²) >= 11 is 0. The van der Waals surface area contributed by atoms with Gasteiger partial charge >= 0.3 is 0 Å². The Labute approximate surface area is 220 Å². The third kappa shape index (κ3) is 5.65. The molecule has 1 aliphatic rings. The van der Waals surface area contributed by atoms with Crippen LogP contribution in [0.25, 0.3) is 0 Å². The van der Waals surface area contributed by atoms with Crippen LogP contribution in [0.15, 0.2) is 88.7 Å².